The van der Waals surface area contributed by atoms with Gasteiger partial charge in [0, 0.05) is 13.1 Å². The van der Waals surface area contributed by atoms with Gasteiger partial charge in [-0.05, 0) is 30.5 Å². The predicted molar refractivity (Wildman–Crippen MR) is 81.9 cm³/mol. The predicted octanol–water partition coefficient (Wildman–Crippen LogP) is 3.10. The largest absolute Gasteiger partial charge is 0.497 e. The highest BCUT2D eigenvalue weighted by Crippen LogP contribution is 2.34. The number of rotatable bonds is 7. The van der Waals surface area contributed by atoms with Gasteiger partial charge in [-0.25, -0.2) is 0 Å². The highest BCUT2D eigenvalue weighted by Gasteiger charge is 2.36. The normalized spacial score (nSPS) is 12.1. The quantitative estimate of drug-likeness (QED) is 0.806. The molecule has 0 heterocycles. The summed E-state index contributed by atoms with van der Waals surface area (Å²) in [6.45, 7) is 3.62. The Bertz CT molecular complexity index is 532. The summed E-state index contributed by atoms with van der Waals surface area (Å²) in [4.78, 5) is 12.3. The van der Waals surface area contributed by atoms with Crippen molar-refractivity contribution >= 4 is 5.91 Å². The second-order valence-corrected chi connectivity index (χ2v) is 5.40. The van der Waals surface area contributed by atoms with Crippen LogP contribution in [0.1, 0.15) is 37.8 Å². The lowest BCUT2D eigenvalue weighted by Gasteiger charge is -2.28. The summed E-state index contributed by atoms with van der Waals surface area (Å²) in [5.74, 6) is -0.209. The highest BCUT2D eigenvalue weighted by atomic mass is 19.4. The van der Waals surface area contributed by atoms with Crippen LogP contribution in [0.15, 0.2) is 18.2 Å². The number of methoxy groups -OCH3 is 1. The second kappa shape index (κ2) is 7.68. The van der Waals surface area contributed by atoms with Crippen molar-refractivity contribution in [2.24, 2.45) is 11.1 Å². The monoisotopic (exact) mass is 332 g/mol. The Morgan fingerprint density at radius 1 is 1.26 bits per heavy atom. The van der Waals surface area contributed by atoms with E-state index < -0.39 is 17.2 Å². The van der Waals surface area contributed by atoms with Crippen LogP contribution in [0.25, 0.3) is 0 Å². The van der Waals surface area contributed by atoms with E-state index in [4.69, 9.17) is 10.5 Å². The summed E-state index contributed by atoms with van der Waals surface area (Å²) < 4.78 is 44.2. The van der Waals surface area contributed by atoms with E-state index in [1.54, 1.807) is 0 Å². The number of benzene rings is 1. The van der Waals surface area contributed by atoms with Gasteiger partial charge >= 0.3 is 6.18 Å². The van der Waals surface area contributed by atoms with E-state index in [9.17, 15) is 18.0 Å². The maximum atomic E-state index is 13.1. The van der Waals surface area contributed by atoms with Crippen molar-refractivity contribution in [1.29, 1.82) is 0 Å². The molecule has 0 aliphatic rings. The number of carbonyl (C=O) groups excluding carboxylic acids is 1. The van der Waals surface area contributed by atoms with Crippen molar-refractivity contribution in [3.63, 3.8) is 0 Å². The third-order valence-electron chi connectivity index (χ3n) is 4.29. The van der Waals surface area contributed by atoms with Crippen LogP contribution in [0.3, 0.4) is 0 Å². The topological polar surface area (TPSA) is 64.4 Å². The third kappa shape index (κ3) is 4.37. The first-order chi connectivity index (χ1) is 10.7. The SMILES string of the molecule is CCC(CC)(CN)C(=O)NCc1ccc(OC)cc1C(F)(F)F. The number of carbonyl (C=O) groups is 1. The minimum Gasteiger partial charge on any atom is -0.497 e. The molecule has 0 fully saturated rings. The van der Waals surface area contributed by atoms with Crippen molar-refractivity contribution in [2.45, 2.75) is 39.4 Å². The molecule has 0 radical (unpaired) electrons. The number of nitrogens with two attached hydrogens (primary N) is 1. The Morgan fingerprint density at radius 2 is 1.87 bits per heavy atom. The zero-order chi connectivity index (χ0) is 17.7. The van der Waals surface area contributed by atoms with Gasteiger partial charge in [-0.1, -0.05) is 19.9 Å². The van der Waals surface area contributed by atoms with Gasteiger partial charge in [-0.2, -0.15) is 13.2 Å². The fraction of sp³-hybridized carbons (Fsp3) is 0.562. The number of amides is 1. The average molecular weight is 332 g/mol. The maximum Gasteiger partial charge on any atom is 0.416 e. The summed E-state index contributed by atoms with van der Waals surface area (Å²) in [7, 11) is 1.30. The first kappa shape index (κ1) is 19.3. The molecule has 0 saturated carbocycles. The number of nitrogens with one attached hydrogen (secondary N) is 1. The molecule has 4 nitrogen and oxygen atoms in total. The summed E-state index contributed by atoms with van der Waals surface area (Å²) in [5, 5.41) is 2.58. The minimum absolute atomic E-state index is 0.00947. The summed E-state index contributed by atoms with van der Waals surface area (Å²) in [5.41, 5.74) is 4.11. The molecule has 1 aromatic rings. The molecule has 0 atom stereocenters. The molecule has 0 aliphatic heterocycles. The van der Waals surface area contributed by atoms with Gasteiger partial charge in [0.2, 0.25) is 5.91 Å². The highest BCUT2D eigenvalue weighted by molar-refractivity contribution is 5.82. The first-order valence-corrected chi connectivity index (χ1v) is 7.46. The Labute approximate surface area is 134 Å². The van der Waals surface area contributed by atoms with Gasteiger partial charge in [0.15, 0.2) is 0 Å². The van der Waals surface area contributed by atoms with Crippen molar-refractivity contribution in [2.75, 3.05) is 13.7 Å². The molecule has 0 unspecified atom stereocenters. The van der Waals surface area contributed by atoms with E-state index in [1.165, 1.54) is 19.2 Å². The van der Waals surface area contributed by atoms with Crippen LogP contribution in [0.4, 0.5) is 13.2 Å². The van der Waals surface area contributed by atoms with E-state index in [0.29, 0.717) is 12.8 Å². The molecule has 130 valence electrons. The average Bonchev–Trinajstić information content (AvgIpc) is 2.54. The number of halogens is 3. The molecule has 1 rings (SSSR count). The molecule has 3 N–H and O–H groups in total. The van der Waals surface area contributed by atoms with Gasteiger partial charge < -0.3 is 15.8 Å². The number of hydrogen-bond acceptors (Lipinski definition) is 3. The molecule has 0 bridgehead atoms. The van der Waals surface area contributed by atoms with Gasteiger partial charge in [-0.15, -0.1) is 0 Å². The Morgan fingerprint density at radius 3 is 2.30 bits per heavy atom. The van der Waals surface area contributed by atoms with Crippen LogP contribution in [-0.4, -0.2) is 19.6 Å². The summed E-state index contributed by atoms with van der Waals surface area (Å²) >= 11 is 0. The molecule has 0 saturated heterocycles. The van der Waals surface area contributed by atoms with Gasteiger partial charge in [0.1, 0.15) is 5.75 Å². The van der Waals surface area contributed by atoms with Crippen LogP contribution in [0.2, 0.25) is 0 Å². The zero-order valence-electron chi connectivity index (χ0n) is 13.6. The van der Waals surface area contributed by atoms with Crippen molar-refractivity contribution in [3.05, 3.63) is 29.3 Å². The molecule has 0 aliphatic carbocycles. The lowest BCUT2D eigenvalue weighted by molar-refractivity contribution is -0.139. The lowest BCUT2D eigenvalue weighted by atomic mass is 9.81. The summed E-state index contributed by atoms with van der Waals surface area (Å²) in [6.07, 6.45) is -3.46. The van der Waals surface area contributed by atoms with Crippen LogP contribution in [0, 0.1) is 5.41 Å². The maximum absolute atomic E-state index is 13.1. The number of ether oxygens (including phenoxy) is 1. The fourth-order valence-electron chi connectivity index (χ4n) is 2.42. The van der Waals surface area contributed by atoms with Crippen molar-refractivity contribution in [1.82, 2.24) is 5.32 Å². The van der Waals surface area contributed by atoms with Crippen LogP contribution < -0.4 is 15.8 Å². The minimum atomic E-state index is -4.52. The summed E-state index contributed by atoms with van der Waals surface area (Å²) in [6, 6.07) is 3.67. The molecule has 0 spiro atoms. The van der Waals surface area contributed by atoms with E-state index in [1.807, 2.05) is 13.8 Å². The molecule has 23 heavy (non-hydrogen) atoms. The van der Waals surface area contributed by atoms with E-state index in [-0.39, 0.29) is 30.3 Å². The third-order valence-corrected chi connectivity index (χ3v) is 4.29. The van der Waals surface area contributed by atoms with Crippen LogP contribution in [-0.2, 0) is 17.5 Å². The molecular formula is C16H23F3N2O2. The van der Waals surface area contributed by atoms with Crippen molar-refractivity contribution in [3.8, 4) is 5.75 Å². The Hall–Kier alpha value is -1.76. The molecule has 1 aromatic carbocycles. The number of alkyl halides is 3. The van der Waals surface area contributed by atoms with Gasteiger partial charge in [0.25, 0.3) is 0 Å². The molecular weight excluding hydrogens is 309 g/mol. The smallest absolute Gasteiger partial charge is 0.416 e. The zero-order valence-corrected chi connectivity index (χ0v) is 13.6. The van der Waals surface area contributed by atoms with E-state index in [2.05, 4.69) is 5.32 Å². The molecule has 0 aromatic heterocycles. The Balaban J connectivity index is 3.00. The number of hydrogen-bond donors (Lipinski definition) is 2. The van der Waals surface area contributed by atoms with Crippen LogP contribution >= 0.6 is 0 Å². The van der Waals surface area contributed by atoms with E-state index in [0.717, 1.165) is 6.07 Å². The first-order valence-electron chi connectivity index (χ1n) is 7.46. The van der Waals surface area contributed by atoms with Crippen molar-refractivity contribution < 1.29 is 22.7 Å². The van der Waals surface area contributed by atoms with E-state index >= 15 is 0 Å². The second-order valence-electron chi connectivity index (χ2n) is 5.40. The van der Waals surface area contributed by atoms with Gasteiger partial charge in [-0.3, -0.25) is 4.79 Å². The molecule has 7 heteroatoms. The Kier molecular flexibility index (Phi) is 6.44. The molecule has 1 amide bonds. The lowest BCUT2D eigenvalue weighted by Crippen LogP contribution is -2.45. The standard InChI is InChI=1S/C16H23F3N2O2/c1-4-15(5-2,10-20)14(22)21-9-11-6-7-12(23-3)8-13(11)16(17,18)19/h6-8H,4-5,9-10,20H2,1-3H3,(H,21,22). The van der Waals surface area contributed by atoms with Gasteiger partial charge in [0.05, 0.1) is 18.1 Å². The van der Waals surface area contributed by atoms with Crippen LogP contribution in [0.5, 0.6) is 5.75 Å². The fourth-order valence-corrected chi connectivity index (χ4v) is 2.42.